The van der Waals surface area contributed by atoms with Gasteiger partial charge < -0.3 is 10.1 Å². The molecule has 3 heteroatoms. The largest absolute Gasteiger partial charge is 0.496 e. The molecule has 1 N–H and O–H groups in total. The number of nitrogens with one attached hydrogen (secondary N) is 1. The minimum atomic E-state index is 0.188. The Morgan fingerprint density at radius 3 is 2.83 bits per heavy atom. The molecule has 0 spiro atoms. The molecule has 0 amide bonds. The second-order valence-corrected chi connectivity index (χ2v) is 5.79. The molecule has 1 heterocycles. The average molecular weight is 248 g/mol. The van der Waals surface area contributed by atoms with Gasteiger partial charge >= 0.3 is 0 Å². The van der Waals surface area contributed by atoms with Crippen LogP contribution < -0.4 is 10.1 Å². The summed E-state index contributed by atoms with van der Waals surface area (Å²) in [6, 6.07) is 8.84. The molecule has 0 saturated carbocycles. The topological polar surface area (TPSA) is 24.5 Å². The van der Waals surface area contributed by atoms with Gasteiger partial charge in [-0.2, -0.15) is 0 Å². The fraction of sp³-hybridized carbons (Fsp3) is 0.600. The highest BCUT2D eigenvalue weighted by atomic mass is 16.5. The number of rotatable bonds is 3. The maximum absolute atomic E-state index is 5.44. The Kier molecular flexibility index (Phi) is 3.93. The van der Waals surface area contributed by atoms with E-state index < -0.39 is 0 Å². The molecule has 1 saturated heterocycles. The average Bonchev–Trinajstić information content (AvgIpc) is 2.35. The molecule has 1 aromatic rings. The first-order valence-corrected chi connectivity index (χ1v) is 6.63. The number of methoxy groups -OCH3 is 1. The van der Waals surface area contributed by atoms with E-state index in [1.165, 1.54) is 5.56 Å². The highest BCUT2D eigenvalue weighted by Crippen LogP contribution is 2.25. The quantitative estimate of drug-likeness (QED) is 0.888. The highest BCUT2D eigenvalue weighted by molar-refractivity contribution is 5.33. The number of para-hydroxylation sites is 1. The van der Waals surface area contributed by atoms with E-state index in [1.807, 2.05) is 12.1 Å². The van der Waals surface area contributed by atoms with Crippen LogP contribution in [0, 0.1) is 0 Å². The van der Waals surface area contributed by atoms with Gasteiger partial charge in [-0.15, -0.1) is 0 Å². The van der Waals surface area contributed by atoms with Gasteiger partial charge in [0.15, 0.2) is 0 Å². The van der Waals surface area contributed by atoms with Crippen LogP contribution in [0.3, 0.4) is 0 Å². The lowest BCUT2D eigenvalue weighted by molar-refractivity contribution is 0.0619. The summed E-state index contributed by atoms with van der Waals surface area (Å²) < 4.78 is 5.44. The number of hydrogen-bond donors (Lipinski definition) is 1. The second kappa shape index (κ2) is 5.29. The van der Waals surface area contributed by atoms with E-state index in [0.717, 1.165) is 25.4 Å². The van der Waals surface area contributed by atoms with Crippen molar-refractivity contribution in [2.24, 2.45) is 0 Å². The zero-order chi connectivity index (χ0) is 13.2. The van der Waals surface area contributed by atoms with E-state index in [9.17, 15) is 0 Å². The van der Waals surface area contributed by atoms with Crippen molar-refractivity contribution in [2.45, 2.75) is 38.9 Å². The predicted molar refractivity (Wildman–Crippen MR) is 74.9 cm³/mol. The van der Waals surface area contributed by atoms with Crippen molar-refractivity contribution in [1.82, 2.24) is 10.2 Å². The van der Waals surface area contributed by atoms with Crippen molar-refractivity contribution < 1.29 is 4.74 Å². The molecule has 1 atom stereocenters. The SMILES string of the molecule is COc1ccccc1CN1CC(C)NCC1(C)C. The Morgan fingerprint density at radius 1 is 1.39 bits per heavy atom. The second-order valence-electron chi connectivity index (χ2n) is 5.79. The summed E-state index contributed by atoms with van der Waals surface area (Å²) in [5, 5.41) is 3.54. The van der Waals surface area contributed by atoms with Gasteiger partial charge in [0.05, 0.1) is 7.11 Å². The number of piperazine rings is 1. The van der Waals surface area contributed by atoms with Crippen molar-refractivity contribution in [2.75, 3.05) is 20.2 Å². The summed E-state index contributed by atoms with van der Waals surface area (Å²) in [7, 11) is 1.74. The van der Waals surface area contributed by atoms with Gasteiger partial charge in [0.2, 0.25) is 0 Å². The lowest BCUT2D eigenvalue weighted by Crippen LogP contribution is -2.60. The lowest BCUT2D eigenvalue weighted by atomic mass is 9.97. The van der Waals surface area contributed by atoms with E-state index in [2.05, 4.69) is 43.1 Å². The molecule has 0 aromatic heterocycles. The van der Waals surface area contributed by atoms with Gasteiger partial charge in [-0.1, -0.05) is 18.2 Å². The Balaban J connectivity index is 2.16. The van der Waals surface area contributed by atoms with Crippen molar-refractivity contribution in [3.8, 4) is 5.75 Å². The monoisotopic (exact) mass is 248 g/mol. The summed E-state index contributed by atoms with van der Waals surface area (Å²) >= 11 is 0. The molecular formula is C15H24N2O. The van der Waals surface area contributed by atoms with Crippen LogP contribution in [0.4, 0.5) is 0 Å². The van der Waals surface area contributed by atoms with Crippen molar-refractivity contribution in [3.05, 3.63) is 29.8 Å². The van der Waals surface area contributed by atoms with Gasteiger partial charge in [0, 0.05) is 36.8 Å². The van der Waals surface area contributed by atoms with E-state index >= 15 is 0 Å². The van der Waals surface area contributed by atoms with Crippen LogP contribution >= 0.6 is 0 Å². The van der Waals surface area contributed by atoms with Crippen molar-refractivity contribution in [1.29, 1.82) is 0 Å². The third-order valence-corrected chi connectivity index (χ3v) is 3.79. The summed E-state index contributed by atoms with van der Waals surface area (Å²) in [4.78, 5) is 2.53. The molecule has 3 nitrogen and oxygen atoms in total. The Morgan fingerprint density at radius 2 is 2.11 bits per heavy atom. The van der Waals surface area contributed by atoms with Crippen molar-refractivity contribution >= 4 is 0 Å². The fourth-order valence-corrected chi connectivity index (χ4v) is 2.50. The highest BCUT2D eigenvalue weighted by Gasteiger charge is 2.32. The Hall–Kier alpha value is -1.06. The van der Waals surface area contributed by atoms with Gasteiger partial charge in [-0.05, 0) is 26.8 Å². The minimum Gasteiger partial charge on any atom is -0.496 e. The van der Waals surface area contributed by atoms with Crippen LogP contribution in [0.2, 0.25) is 0 Å². The van der Waals surface area contributed by atoms with Gasteiger partial charge in [0.1, 0.15) is 5.75 Å². The van der Waals surface area contributed by atoms with Crippen molar-refractivity contribution in [3.63, 3.8) is 0 Å². The summed E-state index contributed by atoms with van der Waals surface area (Å²) in [5.74, 6) is 0.986. The molecule has 2 rings (SSSR count). The maximum Gasteiger partial charge on any atom is 0.123 e. The number of benzene rings is 1. The molecule has 0 aliphatic carbocycles. The van der Waals surface area contributed by atoms with Crippen LogP contribution in [0.5, 0.6) is 5.75 Å². The van der Waals surface area contributed by atoms with Crippen LogP contribution in [0.25, 0.3) is 0 Å². The van der Waals surface area contributed by atoms with Gasteiger partial charge in [-0.3, -0.25) is 4.90 Å². The molecule has 0 bridgehead atoms. The summed E-state index contributed by atoms with van der Waals surface area (Å²) in [5.41, 5.74) is 1.45. The minimum absolute atomic E-state index is 0.188. The molecule has 18 heavy (non-hydrogen) atoms. The third kappa shape index (κ3) is 2.85. The van der Waals surface area contributed by atoms with Gasteiger partial charge in [-0.25, -0.2) is 0 Å². The summed E-state index contributed by atoms with van der Waals surface area (Å²) in [6.07, 6.45) is 0. The molecule has 1 fully saturated rings. The first-order chi connectivity index (χ1) is 8.53. The van der Waals surface area contributed by atoms with Crippen LogP contribution in [-0.2, 0) is 6.54 Å². The molecule has 0 radical (unpaired) electrons. The third-order valence-electron chi connectivity index (χ3n) is 3.79. The Labute approximate surface area is 110 Å². The lowest BCUT2D eigenvalue weighted by Gasteiger charge is -2.45. The van der Waals surface area contributed by atoms with E-state index in [1.54, 1.807) is 7.11 Å². The molecule has 1 aliphatic heterocycles. The maximum atomic E-state index is 5.44. The molecule has 100 valence electrons. The van der Waals surface area contributed by atoms with E-state index in [-0.39, 0.29) is 5.54 Å². The molecule has 1 aromatic carbocycles. The number of ether oxygens (including phenoxy) is 1. The molecule has 1 unspecified atom stereocenters. The molecular weight excluding hydrogens is 224 g/mol. The number of hydrogen-bond acceptors (Lipinski definition) is 3. The number of nitrogens with zero attached hydrogens (tertiary/aromatic N) is 1. The van der Waals surface area contributed by atoms with Crippen LogP contribution in [0.1, 0.15) is 26.3 Å². The van der Waals surface area contributed by atoms with Gasteiger partial charge in [0.25, 0.3) is 0 Å². The predicted octanol–water partition coefficient (Wildman–Crippen LogP) is 2.27. The van der Waals surface area contributed by atoms with Crippen LogP contribution in [0.15, 0.2) is 24.3 Å². The molecule has 1 aliphatic rings. The smallest absolute Gasteiger partial charge is 0.123 e. The first kappa shape index (κ1) is 13.4. The van der Waals surface area contributed by atoms with Crippen LogP contribution in [-0.4, -0.2) is 36.7 Å². The van der Waals surface area contributed by atoms with E-state index in [0.29, 0.717) is 6.04 Å². The standard InChI is InChI=1S/C15H24N2O/c1-12-9-17(15(2,3)11-16-12)10-13-7-5-6-8-14(13)18-4/h5-8,12,16H,9-11H2,1-4H3. The first-order valence-electron chi connectivity index (χ1n) is 6.63. The normalized spacial score (nSPS) is 23.9. The zero-order valence-corrected chi connectivity index (χ0v) is 11.9. The van der Waals surface area contributed by atoms with E-state index in [4.69, 9.17) is 4.74 Å². The Bertz CT molecular complexity index is 403. The zero-order valence-electron chi connectivity index (χ0n) is 11.9. The fourth-order valence-electron chi connectivity index (χ4n) is 2.50. The summed E-state index contributed by atoms with van der Waals surface area (Å²) in [6.45, 7) is 9.88.